The molecule has 0 amide bonds. The first-order chi connectivity index (χ1) is 16.7. The summed E-state index contributed by atoms with van der Waals surface area (Å²) < 4.78 is 14.4. The molecule has 2 nitrogen and oxygen atoms in total. The summed E-state index contributed by atoms with van der Waals surface area (Å²) in [5.41, 5.74) is 7.14. The number of benzene rings is 5. The van der Waals surface area contributed by atoms with Gasteiger partial charge in [0.05, 0.1) is 16.4 Å². The lowest BCUT2D eigenvalue weighted by atomic mass is 10.1. The molecule has 0 atom stereocenters. The molecule has 0 radical (unpaired) electrons. The molecule has 166 valence electrons. The van der Waals surface area contributed by atoms with Gasteiger partial charge < -0.3 is 10.6 Å². The van der Waals surface area contributed by atoms with Crippen molar-refractivity contribution < 1.29 is 4.39 Å². The summed E-state index contributed by atoms with van der Waals surface area (Å²) in [5, 5.41) is 6.89. The highest BCUT2D eigenvalue weighted by Crippen LogP contribution is 2.36. The molecule has 0 saturated carbocycles. The molecule has 5 aromatic carbocycles. The summed E-state index contributed by atoms with van der Waals surface area (Å²) in [5.74, 6) is -0.379. The van der Waals surface area contributed by atoms with Gasteiger partial charge in [0.2, 0.25) is 0 Å². The Morgan fingerprint density at radius 3 is 1.21 bits per heavy atom. The molecule has 0 aliphatic rings. The van der Waals surface area contributed by atoms with E-state index in [2.05, 4.69) is 34.9 Å². The predicted octanol–water partition coefficient (Wildman–Crippen LogP) is 9.30. The average Bonchev–Trinajstić information content (AvgIpc) is 2.89. The van der Waals surface area contributed by atoms with E-state index >= 15 is 0 Å². The first-order valence-electron chi connectivity index (χ1n) is 11.0. The van der Waals surface area contributed by atoms with Gasteiger partial charge in [-0.15, -0.1) is 0 Å². The van der Waals surface area contributed by atoms with Crippen molar-refractivity contribution in [1.29, 1.82) is 0 Å². The van der Waals surface area contributed by atoms with Gasteiger partial charge in [0, 0.05) is 11.4 Å². The molecular weight excluding hydrogens is 443 g/mol. The Morgan fingerprint density at radius 1 is 0.471 bits per heavy atom. The predicted molar refractivity (Wildman–Crippen MR) is 142 cm³/mol. The number of hydrogen-bond acceptors (Lipinski definition) is 2. The Hall–Kier alpha value is -4.08. The SMILES string of the molecule is Fc1cc(Nc2ccc(-c3ccccc3)cc2)c(Cl)c(Nc2ccc(-c3ccccc3)cc2)c1. The minimum absolute atomic E-state index is 0.379. The number of hydrogen-bond donors (Lipinski definition) is 2. The zero-order valence-corrected chi connectivity index (χ0v) is 19.1. The van der Waals surface area contributed by atoms with Crippen LogP contribution in [-0.4, -0.2) is 0 Å². The van der Waals surface area contributed by atoms with Crippen molar-refractivity contribution in [2.45, 2.75) is 0 Å². The summed E-state index contributed by atoms with van der Waals surface area (Å²) >= 11 is 6.64. The molecule has 0 spiro atoms. The summed E-state index contributed by atoms with van der Waals surface area (Å²) in [7, 11) is 0. The van der Waals surface area contributed by atoms with Crippen LogP contribution in [-0.2, 0) is 0 Å². The van der Waals surface area contributed by atoms with Crippen molar-refractivity contribution in [2.75, 3.05) is 10.6 Å². The van der Waals surface area contributed by atoms with Crippen molar-refractivity contribution in [3.05, 3.63) is 132 Å². The summed E-state index contributed by atoms with van der Waals surface area (Å²) in [6.45, 7) is 0. The highest BCUT2D eigenvalue weighted by Gasteiger charge is 2.11. The second-order valence-electron chi connectivity index (χ2n) is 7.95. The quantitative estimate of drug-likeness (QED) is 0.261. The van der Waals surface area contributed by atoms with E-state index in [4.69, 9.17) is 11.6 Å². The van der Waals surface area contributed by atoms with Gasteiger partial charge in [-0.05, 0) is 58.7 Å². The molecule has 5 rings (SSSR count). The van der Waals surface area contributed by atoms with Gasteiger partial charge in [0.25, 0.3) is 0 Å². The van der Waals surface area contributed by atoms with E-state index in [1.807, 2.05) is 84.9 Å². The highest BCUT2D eigenvalue weighted by molar-refractivity contribution is 6.36. The van der Waals surface area contributed by atoms with E-state index in [0.717, 1.165) is 33.6 Å². The average molecular weight is 465 g/mol. The van der Waals surface area contributed by atoms with E-state index in [-0.39, 0.29) is 5.82 Å². The van der Waals surface area contributed by atoms with Gasteiger partial charge in [0.15, 0.2) is 0 Å². The molecule has 0 saturated heterocycles. The van der Waals surface area contributed by atoms with Crippen LogP contribution in [0.1, 0.15) is 0 Å². The van der Waals surface area contributed by atoms with Crippen LogP contribution in [0.5, 0.6) is 0 Å². The van der Waals surface area contributed by atoms with E-state index < -0.39 is 0 Å². The standard InChI is InChI=1S/C30H22ClFN2/c31-30-28(33-26-15-11-23(12-16-26)21-7-3-1-4-8-21)19-25(32)20-29(30)34-27-17-13-24(14-18-27)22-9-5-2-6-10-22/h1-20,33-34H. The van der Waals surface area contributed by atoms with Crippen molar-refractivity contribution in [2.24, 2.45) is 0 Å². The Morgan fingerprint density at radius 2 is 0.824 bits per heavy atom. The third-order valence-electron chi connectivity index (χ3n) is 5.58. The molecular formula is C30H22ClFN2. The van der Waals surface area contributed by atoms with Gasteiger partial charge in [0.1, 0.15) is 5.82 Å². The van der Waals surface area contributed by atoms with Gasteiger partial charge in [-0.2, -0.15) is 0 Å². The van der Waals surface area contributed by atoms with Crippen LogP contribution >= 0.6 is 11.6 Å². The normalized spacial score (nSPS) is 10.6. The summed E-state index contributed by atoms with van der Waals surface area (Å²) in [6, 6.07) is 39.0. The maximum absolute atomic E-state index is 14.4. The topological polar surface area (TPSA) is 24.1 Å². The fraction of sp³-hybridized carbons (Fsp3) is 0. The zero-order chi connectivity index (χ0) is 23.3. The molecule has 0 aromatic heterocycles. The first-order valence-corrected chi connectivity index (χ1v) is 11.4. The molecule has 0 aliphatic carbocycles. The van der Waals surface area contributed by atoms with Crippen molar-refractivity contribution in [1.82, 2.24) is 0 Å². The molecule has 2 N–H and O–H groups in total. The van der Waals surface area contributed by atoms with Gasteiger partial charge in [-0.3, -0.25) is 0 Å². The van der Waals surface area contributed by atoms with Crippen LogP contribution in [0.3, 0.4) is 0 Å². The summed E-state index contributed by atoms with van der Waals surface area (Å²) in [4.78, 5) is 0. The van der Waals surface area contributed by atoms with Gasteiger partial charge in [-0.1, -0.05) is 96.5 Å². The number of anilines is 4. The van der Waals surface area contributed by atoms with E-state index in [1.54, 1.807) is 0 Å². The second kappa shape index (κ2) is 9.82. The first kappa shape index (κ1) is 21.7. The molecule has 0 fully saturated rings. The van der Waals surface area contributed by atoms with E-state index in [9.17, 15) is 4.39 Å². The molecule has 5 aromatic rings. The molecule has 0 aliphatic heterocycles. The van der Waals surface area contributed by atoms with E-state index in [1.165, 1.54) is 12.1 Å². The third-order valence-corrected chi connectivity index (χ3v) is 5.99. The Balaban J connectivity index is 1.34. The minimum atomic E-state index is -0.379. The van der Waals surface area contributed by atoms with Crippen LogP contribution < -0.4 is 10.6 Å². The van der Waals surface area contributed by atoms with Gasteiger partial charge in [-0.25, -0.2) is 4.39 Å². The van der Waals surface area contributed by atoms with E-state index in [0.29, 0.717) is 16.4 Å². The zero-order valence-electron chi connectivity index (χ0n) is 18.3. The molecule has 0 bridgehead atoms. The Labute approximate surface area is 203 Å². The van der Waals surface area contributed by atoms with Crippen molar-refractivity contribution in [3.63, 3.8) is 0 Å². The fourth-order valence-electron chi connectivity index (χ4n) is 3.84. The number of nitrogens with one attached hydrogen (secondary N) is 2. The Bertz CT molecular complexity index is 1280. The monoisotopic (exact) mass is 464 g/mol. The van der Waals surface area contributed by atoms with Crippen LogP contribution in [0.15, 0.2) is 121 Å². The Kier molecular flexibility index (Phi) is 6.28. The highest BCUT2D eigenvalue weighted by atomic mass is 35.5. The molecule has 34 heavy (non-hydrogen) atoms. The van der Waals surface area contributed by atoms with Gasteiger partial charge >= 0.3 is 0 Å². The van der Waals surface area contributed by atoms with Crippen LogP contribution in [0.2, 0.25) is 5.02 Å². The van der Waals surface area contributed by atoms with Crippen LogP contribution in [0, 0.1) is 5.82 Å². The lowest BCUT2D eigenvalue weighted by Gasteiger charge is -2.15. The third kappa shape index (κ3) is 4.95. The lowest BCUT2D eigenvalue weighted by Crippen LogP contribution is -1.97. The second-order valence-corrected chi connectivity index (χ2v) is 8.33. The molecule has 0 unspecified atom stereocenters. The minimum Gasteiger partial charge on any atom is -0.354 e. The fourth-order valence-corrected chi connectivity index (χ4v) is 4.04. The molecule has 0 heterocycles. The smallest absolute Gasteiger partial charge is 0.127 e. The molecule has 4 heteroatoms. The van der Waals surface area contributed by atoms with Crippen LogP contribution in [0.25, 0.3) is 22.3 Å². The van der Waals surface area contributed by atoms with Crippen molar-refractivity contribution >= 4 is 34.4 Å². The maximum atomic E-state index is 14.4. The maximum Gasteiger partial charge on any atom is 0.127 e. The lowest BCUT2D eigenvalue weighted by molar-refractivity contribution is 0.629. The number of halogens is 2. The largest absolute Gasteiger partial charge is 0.354 e. The summed E-state index contributed by atoms with van der Waals surface area (Å²) in [6.07, 6.45) is 0. The van der Waals surface area contributed by atoms with Crippen LogP contribution in [0.4, 0.5) is 27.1 Å². The van der Waals surface area contributed by atoms with Crippen molar-refractivity contribution in [3.8, 4) is 22.3 Å². The number of rotatable bonds is 6.